The molecular weight excluding hydrogens is 603 g/mol. The van der Waals surface area contributed by atoms with Gasteiger partial charge >= 0.3 is 0 Å². The van der Waals surface area contributed by atoms with E-state index in [0.29, 0.717) is 17.5 Å². The van der Waals surface area contributed by atoms with Gasteiger partial charge in [0.25, 0.3) is 0 Å². The molecule has 0 fully saturated rings. The topological polar surface area (TPSA) is 65.0 Å². The van der Waals surface area contributed by atoms with Gasteiger partial charge in [-0.1, -0.05) is 105 Å². The summed E-state index contributed by atoms with van der Waals surface area (Å²) in [6.45, 7) is 4.58. The Bertz CT molecular complexity index is 2750. The van der Waals surface area contributed by atoms with E-state index in [1.54, 1.807) is 0 Å². The summed E-state index contributed by atoms with van der Waals surface area (Å²) in [6, 6.07) is 44.0. The summed E-state index contributed by atoms with van der Waals surface area (Å²) in [7, 11) is 0. The van der Waals surface area contributed by atoms with Gasteiger partial charge < -0.3 is 8.83 Å². The van der Waals surface area contributed by atoms with E-state index < -0.39 is 0 Å². The van der Waals surface area contributed by atoms with Crippen LogP contribution in [0.2, 0.25) is 0 Å². The molecule has 0 saturated carbocycles. The number of fused-ring (bicyclic) bond motifs is 10. The molecular formula is C44H31N3O2. The molecule has 1 aliphatic rings. The van der Waals surface area contributed by atoms with Gasteiger partial charge in [-0.2, -0.15) is 0 Å². The lowest BCUT2D eigenvalue weighted by Crippen LogP contribution is -2.23. The second-order valence-electron chi connectivity index (χ2n) is 13.0. The summed E-state index contributed by atoms with van der Waals surface area (Å²) in [5, 5.41) is 4.42. The van der Waals surface area contributed by atoms with Crippen LogP contribution in [-0.4, -0.2) is 15.0 Å². The Labute approximate surface area is 282 Å². The van der Waals surface area contributed by atoms with Crippen molar-refractivity contribution in [3.63, 3.8) is 0 Å². The fraction of sp³-hybridized carbons (Fsp3) is 0.114. The van der Waals surface area contributed by atoms with Crippen LogP contribution in [0.25, 0.3) is 89.2 Å². The lowest BCUT2D eigenvalue weighted by atomic mass is 9.73. The Balaban J connectivity index is 1.24. The van der Waals surface area contributed by atoms with Crippen LogP contribution in [0, 0.1) is 0 Å². The molecule has 0 N–H and O–H groups in total. The van der Waals surface area contributed by atoms with Gasteiger partial charge in [-0.3, -0.25) is 0 Å². The molecule has 5 heteroatoms. The SMILES string of the molecule is CCC1(CC)c2cccc(-c3nc(-c4ccccc4)nc(-c4ccc5oc6ccccc6c5c4)n3)c2-c2ccc3c(oc4ccccc43)c21. The van der Waals surface area contributed by atoms with Gasteiger partial charge in [-0.05, 0) is 65.9 Å². The molecule has 5 nitrogen and oxygen atoms in total. The van der Waals surface area contributed by atoms with Crippen molar-refractivity contribution in [2.75, 3.05) is 0 Å². The summed E-state index contributed by atoms with van der Waals surface area (Å²) < 4.78 is 12.8. The molecule has 3 heterocycles. The highest BCUT2D eigenvalue weighted by Gasteiger charge is 2.44. The van der Waals surface area contributed by atoms with E-state index in [-0.39, 0.29) is 5.41 Å². The third-order valence-electron chi connectivity index (χ3n) is 10.6. The molecule has 10 rings (SSSR count). The minimum atomic E-state index is -0.209. The van der Waals surface area contributed by atoms with Crippen molar-refractivity contribution in [1.29, 1.82) is 0 Å². The highest BCUT2D eigenvalue weighted by molar-refractivity contribution is 6.10. The Hall–Kier alpha value is -6.07. The van der Waals surface area contributed by atoms with Gasteiger partial charge in [-0.25, -0.2) is 15.0 Å². The molecule has 1 aliphatic carbocycles. The zero-order valence-electron chi connectivity index (χ0n) is 27.2. The number of nitrogens with zero attached hydrogens (tertiary/aromatic N) is 3. The minimum Gasteiger partial charge on any atom is -0.456 e. The number of benzene rings is 6. The first-order valence-electron chi connectivity index (χ1n) is 17.0. The molecule has 0 aliphatic heterocycles. The van der Waals surface area contributed by atoms with Crippen molar-refractivity contribution < 1.29 is 8.83 Å². The summed E-state index contributed by atoms with van der Waals surface area (Å²) in [6.07, 6.45) is 1.89. The number of para-hydroxylation sites is 2. The molecule has 0 unspecified atom stereocenters. The summed E-state index contributed by atoms with van der Waals surface area (Å²) >= 11 is 0. The van der Waals surface area contributed by atoms with Crippen LogP contribution in [0.5, 0.6) is 0 Å². The van der Waals surface area contributed by atoms with Crippen molar-refractivity contribution >= 4 is 43.9 Å². The quantitative estimate of drug-likeness (QED) is 0.189. The zero-order chi connectivity index (χ0) is 32.7. The van der Waals surface area contributed by atoms with Gasteiger partial charge in [-0.15, -0.1) is 0 Å². The van der Waals surface area contributed by atoms with Gasteiger partial charge in [0.05, 0.1) is 0 Å². The number of hydrogen-bond acceptors (Lipinski definition) is 5. The van der Waals surface area contributed by atoms with Crippen molar-refractivity contribution in [2.45, 2.75) is 32.1 Å². The number of aromatic nitrogens is 3. The lowest BCUT2D eigenvalue weighted by Gasteiger charge is -2.29. The van der Waals surface area contributed by atoms with Crippen LogP contribution < -0.4 is 0 Å². The van der Waals surface area contributed by atoms with Gasteiger partial charge in [0, 0.05) is 49.2 Å². The Morgan fingerprint density at radius 1 is 0.490 bits per heavy atom. The molecule has 0 spiro atoms. The monoisotopic (exact) mass is 633 g/mol. The average Bonchev–Trinajstić information content (AvgIpc) is 3.82. The van der Waals surface area contributed by atoms with Crippen LogP contribution in [0.1, 0.15) is 37.8 Å². The van der Waals surface area contributed by atoms with Crippen molar-refractivity contribution in [3.8, 4) is 45.3 Å². The van der Waals surface area contributed by atoms with Crippen LogP contribution in [0.3, 0.4) is 0 Å². The normalized spacial score (nSPS) is 13.4. The molecule has 49 heavy (non-hydrogen) atoms. The molecule has 0 radical (unpaired) electrons. The molecule has 0 saturated heterocycles. The fourth-order valence-corrected chi connectivity index (χ4v) is 8.23. The van der Waals surface area contributed by atoms with E-state index in [9.17, 15) is 0 Å². The molecule has 0 atom stereocenters. The van der Waals surface area contributed by atoms with E-state index in [2.05, 4.69) is 86.6 Å². The van der Waals surface area contributed by atoms with Crippen molar-refractivity contribution in [3.05, 3.63) is 139 Å². The van der Waals surface area contributed by atoms with E-state index in [1.165, 1.54) is 22.3 Å². The molecule has 0 amide bonds. The van der Waals surface area contributed by atoms with Crippen LogP contribution in [0.4, 0.5) is 0 Å². The molecule has 6 aromatic carbocycles. The maximum atomic E-state index is 6.70. The van der Waals surface area contributed by atoms with E-state index in [1.807, 2.05) is 54.6 Å². The van der Waals surface area contributed by atoms with Crippen LogP contribution in [0.15, 0.2) is 136 Å². The largest absolute Gasteiger partial charge is 0.456 e. The number of rotatable bonds is 5. The third kappa shape index (κ3) is 3.96. The minimum absolute atomic E-state index is 0.209. The van der Waals surface area contributed by atoms with Gasteiger partial charge in [0.1, 0.15) is 22.3 Å². The van der Waals surface area contributed by atoms with Gasteiger partial charge in [0.15, 0.2) is 17.5 Å². The summed E-state index contributed by atoms with van der Waals surface area (Å²) in [4.78, 5) is 15.5. The Morgan fingerprint density at radius 2 is 1.14 bits per heavy atom. The van der Waals surface area contributed by atoms with Crippen LogP contribution in [-0.2, 0) is 5.41 Å². The predicted molar refractivity (Wildman–Crippen MR) is 197 cm³/mol. The average molecular weight is 634 g/mol. The summed E-state index contributed by atoms with van der Waals surface area (Å²) in [5.74, 6) is 1.91. The lowest BCUT2D eigenvalue weighted by molar-refractivity contribution is 0.486. The molecule has 234 valence electrons. The predicted octanol–water partition coefficient (Wildman–Crippen LogP) is 11.8. The second-order valence-corrected chi connectivity index (χ2v) is 13.0. The zero-order valence-corrected chi connectivity index (χ0v) is 27.2. The van der Waals surface area contributed by atoms with E-state index in [4.69, 9.17) is 23.8 Å². The third-order valence-corrected chi connectivity index (χ3v) is 10.6. The van der Waals surface area contributed by atoms with Gasteiger partial charge in [0.2, 0.25) is 0 Å². The number of hydrogen-bond donors (Lipinski definition) is 0. The number of furan rings is 2. The molecule has 0 bridgehead atoms. The first kappa shape index (κ1) is 28.0. The maximum Gasteiger partial charge on any atom is 0.164 e. The van der Waals surface area contributed by atoms with Crippen LogP contribution >= 0.6 is 0 Å². The smallest absolute Gasteiger partial charge is 0.164 e. The molecule has 9 aromatic rings. The van der Waals surface area contributed by atoms with E-state index >= 15 is 0 Å². The first-order valence-corrected chi connectivity index (χ1v) is 17.0. The first-order chi connectivity index (χ1) is 24.2. The summed E-state index contributed by atoms with van der Waals surface area (Å²) in [5.41, 5.74) is 11.2. The standard InChI is InChI=1S/C44H31N3O2/c1-3-44(4-2)34-18-12-17-32(38(34)31-23-22-30-28-15-8-11-20-36(28)49-40(30)39(31)44)43-46-41(26-13-6-5-7-14-26)45-42(47-43)27-21-24-37-33(25-27)29-16-9-10-19-35(29)48-37/h5-25H,3-4H2,1-2H3. The maximum absolute atomic E-state index is 6.70. The Morgan fingerprint density at radius 3 is 1.92 bits per heavy atom. The fourth-order valence-electron chi connectivity index (χ4n) is 8.23. The Kier molecular flexibility index (Phi) is 5.98. The molecule has 3 aromatic heterocycles. The van der Waals surface area contributed by atoms with Crippen molar-refractivity contribution in [1.82, 2.24) is 15.0 Å². The van der Waals surface area contributed by atoms with E-state index in [0.717, 1.165) is 73.4 Å². The highest BCUT2D eigenvalue weighted by atomic mass is 16.3. The second kappa shape index (κ2) is 10.5. The van der Waals surface area contributed by atoms with Crippen molar-refractivity contribution in [2.24, 2.45) is 0 Å². The highest BCUT2D eigenvalue weighted by Crippen LogP contribution is 2.58.